The molecule has 0 aliphatic rings. The Morgan fingerprint density at radius 1 is 0.522 bits per heavy atom. The van der Waals surface area contributed by atoms with E-state index >= 15 is 0 Å². The SMILES string of the molecule is [2H]C(C)(C)c1ccc(-n2c(-c3cc(C(C)(C)C)cc(C(C)(C)C)c3O)nc3c(-c4cc(-c5cc(-c6ccc(-c7ccccc7)cc6)ccn5)cc(C(C([2H])([2H])[2H])(C([2H])([2H])[2H])C([2H])([2H])[2H])c4)cccc32)c(-c2ccccc2)c1. The number of benzene rings is 7. The molecule has 0 aliphatic heterocycles. The van der Waals surface area contributed by atoms with Gasteiger partial charge in [-0.1, -0.05) is 191 Å². The molecule has 0 spiro atoms. The number of hydrogen-bond donors (Lipinski definition) is 1. The van der Waals surface area contributed by atoms with Gasteiger partial charge in [-0.2, -0.15) is 0 Å². The zero-order valence-electron chi connectivity index (χ0n) is 49.5. The van der Waals surface area contributed by atoms with E-state index in [9.17, 15) is 5.11 Å². The first-order valence-electron chi connectivity index (χ1n) is 27.8. The van der Waals surface area contributed by atoms with Gasteiger partial charge in [0.25, 0.3) is 0 Å². The number of aromatic nitrogens is 3. The fourth-order valence-electron chi connectivity index (χ4n) is 8.86. The zero-order chi connectivity index (χ0) is 55.8. The third kappa shape index (κ3) is 8.98. The van der Waals surface area contributed by atoms with Gasteiger partial charge in [-0.15, -0.1) is 0 Å². The lowest BCUT2D eigenvalue weighted by atomic mass is 9.79. The van der Waals surface area contributed by atoms with Crippen LogP contribution in [0.15, 0.2) is 170 Å². The number of rotatable bonds is 8. The first-order chi connectivity index (χ1) is 35.9. The minimum Gasteiger partial charge on any atom is -0.507 e. The lowest BCUT2D eigenvalue weighted by Gasteiger charge is -2.27. The number of phenolic OH excluding ortho intramolecular Hbond substituents is 1. The number of fused-ring (bicyclic) bond motifs is 1. The second-order valence-corrected chi connectivity index (χ2v) is 19.9. The molecule has 4 heteroatoms. The van der Waals surface area contributed by atoms with Gasteiger partial charge in [-0.3, -0.25) is 9.55 Å². The molecule has 1 N–H and O–H groups in total. The molecule has 0 unspecified atom stereocenters. The van der Waals surface area contributed by atoms with E-state index in [-0.39, 0.29) is 16.7 Å². The molecule has 0 aliphatic carbocycles. The summed E-state index contributed by atoms with van der Waals surface area (Å²) in [5.41, 5.74) is 6.59. The maximum absolute atomic E-state index is 12.6. The maximum atomic E-state index is 12.6. The molecule has 2 aromatic heterocycles. The van der Waals surface area contributed by atoms with Crippen molar-refractivity contribution in [3.8, 4) is 78.6 Å². The summed E-state index contributed by atoms with van der Waals surface area (Å²) < 4.78 is 90.7. The van der Waals surface area contributed by atoms with Crippen molar-refractivity contribution in [2.45, 2.75) is 98.1 Å². The standard InChI is InChI=1S/C63H63N3O/c1-40(2)45-29-30-56(52(36-45)44-21-16-13-17-22-44)66-57-24-18-23-51(58(57)65-60(66)53-38-50(62(6,7)8)39-54(59(53)67)63(9,10)11)47-33-48(35-49(34-47)61(3,4)5)55-37-46(31-32-64-55)43-27-25-42(26-28-43)41-19-14-12-15-20-41/h12-40,67H,1-11H3/i3D3,4D3,5D3,40D. The smallest absolute Gasteiger partial charge is 0.149 e. The second-order valence-electron chi connectivity index (χ2n) is 19.9. The fourth-order valence-corrected chi connectivity index (χ4v) is 8.86. The Bertz CT molecular complexity index is 3610. The molecule has 0 fully saturated rings. The van der Waals surface area contributed by atoms with Crippen molar-refractivity contribution < 1.29 is 18.8 Å². The normalized spacial score (nSPS) is 15.2. The summed E-state index contributed by atoms with van der Waals surface area (Å²) in [7, 11) is 0. The van der Waals surface area contributed by atoms with Crippen molar-refractivity contribution in [1.29, 1.82) is 0 Å². The predicted octanol–water partition coefficient (Wildman–Crippen LogP) is 17.1. The molecular formula is C63H63N3O. The van der Waals surface area contributed by atoms with Crippen molar-refractivity contribution in [2.75, 3.05) is 0 Å². The highest BCUT2D eigenvalue weighted by Gasteiger charge is 2.30. The first-order valence-corrected chi connectivity index (χ1v) is 22.8. The zero-order valence-corrected chi connectivity index (χ0v) is 39.5. The van der Waals surface area contributed by atoms with Gasteiger partial charge in [0.15, 0.2) is 0 Å². The molecule has 336 valence electrons. The quantitative estimate of drug-likeness (QED) is 0.165. The van der Waals surface area contributed by atoms with Crippen LogP contribution in [0.2, 0.25) is 0 Å². The van der Waals surface area contributed by atoms with Crippen LogP contribution in [0.25, 0.3) is 83.9 Å². The number of pyridine rings is 1. The number of nitrogens with zero attached hydrogens (tertiary/aromatic N) is 3. The van der Waals surface area contributed by atoms with E-state index in [1.165, 1.54) is 12.1 Å². The van der Waals surface area contributed by atoms with Crippen molar-refractivity contribution >= 4 is 11.0 Å². The largest absolute Gasteiger partial charge is 0.507 e. The van der Waals surface area contributed by atoms with E-state index in [1.54, 1.807) is 18.3 Å². The van der Waals surface area contributed by atoms with Crippen LogP contribution in [0.5, 0.6) is 5.75 Å². The van der Waals surface area contributed by atoms with Gasteiger partial charge >= 0.3 is 0 Å². The monoisotopic (exact) mass is 888 g/mol. The molecule has 0 bridgehead atoms. The van der Waals surface area contributed by atoms with E-state index < -0.39 is 42.8 Å². The topological polar surface area (TPSA) is 50.9 Å². The third-order valence-electron chi connectivity index (χ3n) is 12.7. The Balaban J connectivity index is 1.39. The Hall–Kier alpha value is -7.04. The summed E-state index contributed by atoms with van der Waals surface area (Å²) in [6.45, 7) is 5.44. The molecule has 0 amide bonds. The Morgan fingerprint density at radius 3 is 1.79 bits per heavy atom. The molecular weight excluding hydrogens is 815 g/mol. The molecule has 4 nitrogen and oxygen atoms in total. The predicted molar refractivity (Wildman–Crippen MR) is 283 cm³/mol. The highest BCUT2D eigenvalue weighted by molar-refractivity contribution is 5.98. The summed E-state index contributed by atoms with van der Waals surface area (Å²) in [6.07, 6.45) is 1.61. The van der Waals surface area contributed by atoms with Gasteiger partial charge in [-0.05, 0) is 121 Å². The highest BCUT2D eigenvalue weighted by Crippen LogP contribution is 2.46. The first kappa shape index (κ1) is 34.3. The molecule has 7 aromatic carbocycles. The molecule has 9 rings (SSSR count). The highest BCUT2D eigenvalue weighted by atomic mass is 16.3. The number of phenols is 1. The average Bonchev–Trinajstić information content (AvgIpc) is 3.75. The van der Waals surface area contributed by atoms with Gasteiger partial charge < -0.3 is 5.11 Å². The van der Waals surface area contributed by atoms with Crippen molar-refractivity contribution in [1.82, 2.24) is 14.5 Å². The molecule has 9 aromatic rings. The van der Waals surface area contributed by atoms with Gasteiger partial charge in [0.2, 0.25) is 0 Å². The number of imidazole rings is 1. The maximum Gasteiger partial charge on any atom is 0.149 e. The van der Waals surface area contributed by atoms with E-state index in [4.69, 9.17) is 23.7 Å². The van der Waals surface area contributed by atoms with Gasteiger partial charge in [-0.25, -0.2) is 4.98 Å². The van der Waals surface area contributed by atoms with Crippen LogP contribution in [0.3, 0.4) is 0 Å². The van der Waals surface area contributed by atoms with Crippen LogP contribution < -0.4 is 0 Å². The van der Waals surface area contributed by atoms with Crippen molar-refractivity contribution in [2.24, 2.45) is 0 Å². The number of para-hydroxylation sites is 1. The van der Waals surface area contributed by atoms with Gasteiger partial charge in [0, 0.05) is 42.2 Å². The molecule has 0 saturated carbocycles. The van der Waals surface area contributed by atoms with Crippen LogP contribution in [0.1, 0.15) is 118 Å². The number of hydrogen-bond acceptors (Lipinski definition) is 3. The van der Waals surface area contributed by atoms with Crippen molar-refractivity contribution in [3.05, 3.63) is 192 Å². The Kier molecular flexibility index (Phi) is 8.86. The number of aromatic hydroxyl groups is 1. The van der Waals surface area contributed by atoms with E-state index in [0.29, 0.717) is 50.5 Å². The molecule has 0 atom stereocenters. The third-order valence-corrected chi connectivity index (χ3v) is 12.7. The Morgan fingerprint density at radius 2 is 1.15 bits per heavy atom. The average molecular weight is 888 g/mol. The summed E-state index contributed by atoms with van der Waals surface area (Å²) in [4.78, 5) is 10.2. The van der Waals surface area contributed by atoms with Crippen LogP contribution in [-0.4, -0.2) is 19.6 Å². The molecule has 0 radical (unpaired) electrons. The second kappa shape index (κ2) is 17.3. The van der Waals surface area contributed by atoms with Crippen LogP contribution >= 0.6 is 0 Å². The van der Waals surface area contributed by atoms with Crippen molar-refractivity contribution in [3.63, 3.8) is 0 Å². The van der Waals surface area contributed by atoms with E-state index in [2.05, 4.69) is 20.8 Å². The van der Waals surface area contributed by atoms with Crippen LogP contribution in [-0.2, 0) is 16.2 Å². The summed E-state index contributed by atoms with van der Waals surface area (Å²) in [5, 5.41) is 12.6. The van der Waals surface area contributed by atoms with E-state index in [0.717, 1.165) is 44.5 Å². The fraction of sp³-hybridized carbons (Fsp3) is 0.238. The summed E-state index contributed by atoms with van der Waals surface area (Å²) >= 11 is 0. The lowest BCUT2D eigenvalue weighted by molar-refractivity contribution is 0.446. The van der Waals surface area contributed by atoms with Gasteiger partial charge in [0.1, 0.15) is 11.6 Å². The van der Waals surface area contributed by atoms with Gasteiger partial charge in [0.05, 0.1) is 28.0 Å². The van der Waals surface area contributed by atoms with Crippen LogP contribution in [0.4, 0.5) is 0 Å². The summed E-state index contributed by atoms with van der Waals surface area (Å²) in [6, 6.07) is 51.4. The molecule has 0 saturated heterocycles. The van der Waals surface area contributed by atoms with E-state index in [1.807, 2.05) is 179 Å². The minimum absolute atomic E-state index is 0.0385. The van der Waals surface area contributed by atoms with Crippen LogP contribution in [0, 0.1) is 0 Å². The molecule has 2 heterocycles. The molecule has 67 heavy (non-hydrogen) atoms. The minimum atomic E-state index is -3.57. The lowest BCUT2D eigenvalue weighted by Crippen LogP contribution is -2.17. The Labute approximate surface area is 412 Å². The summed E-state index contributed by atoms with van der Waals surface area (Å²) in [5.74, 6) is -0.549.